The minimum absolute atomic E-state index is 0.176. The fourth-order valence-corrected chi connectivity index (χ4v) is 4.05. The predicted molar refractivity (Wildman–Crippen MR) is 83.9 cm³/mol. The zero-order valence-electron chi connectivity index (χ0n) is 12.8. The van der Waals surface area contributed by atoms with Crippen LogP contribution in [-0.2, 0) is 11.8 Å². The zero-order chi connectivity index (χ0) is 13.9. The van der Waals surface area contributed by atoms with Gasteiger partial charge in [0.05, 0.1) is 10.7 Å². The monoisotopic (exact) mass is 280 g/mol. The van der Waals surface area contributed by atoms with Gasteiger partial charge in [0.25, 0.3) is 0 Å². The first-order valence-electron chi connectivity index (χ1n) is 7.69. The molecule has 2 nitrogen and oxygen atoms in total. The molecule has 1 heterocycles. The zero-order valence-corrected chi connectivity index (χ0v) is 13.6. The van der Waals surface area contributed by atoms with E-state index in [0.717, 1.165) is 18.9 Å². The summed E-state index contributed by atoms with van der Waals surface area (Å²) < 4.78 is 0. The SMILES string of the molecule is CCNC(Cc1nc(C(C)(C)C)cs1)C1CCCC1. The fourth-order valence-electron chi connectivity index (χ4n) is 2.96. The van der Waals surface area contributed by atoms with Crippen LogP contribution >= 0.6 is 11.3 Å². The first-order chi connectivity index (χ1) is 9.00. The van der Waals surface area contributed by atoms with Gasteiger partial charge in [-0.15, -0.1) is 11.3 Å². The van der Waals surface area contributed by atoms with Crippen LogP contribution in [0.25, 0.3) is 0 Å². The fraction of sp³-hybridized carbons (Fsp3) is 0.812. The minimum Gasteiger partial charge on any atom is -0.314 e. The van der Waals surface area contributed by atoms with Crippen molar-refractivity contribution in [2.75, 3.05) is 6.54 Å². The largest absolute Gasteiger partial charge is 0.314 e. The standard InChI is InChI=1S/C16H28N2S/c1-5-17-13(12-8-6-7-9-12)10-15-18-14(11-19-15)16(2,3)4/h11-13,17H,5-10H2,1-4H3. The second-order valence-electron chi connectivity index (χ2n) is 6.79. The van der Waals surface area contributed by atoms with Crippen molar-refractivity contribution in [3.05, 3.63) is 16.1 Å². The Morgan fingerprint density at radius 3 is 2.58 bits per heavy atom. The Morgan fingerprint density at radius 2 is 2.05 bits per heavy atom. The van der Waals surface area contributed by atoms with Gasteiger partial charge in [-0.2, -0.15) is 0 Å². The molecule has 1 aromatic rings. The van der Waals surface area contributed by atoms with Crippen LogP contribution in [0, 0.1) is 5.92 Å². The van der Waals surface area contributed by atoms with Gasteiger partial charge in [-0.3, -0.25) is 0 Å². The van der Waals surface area contributed by atoms with Crippen LogP contribution < -0.4 is 5.32 Å². The highest BCUT2D eigenvalue weighted by Crippen LogP contribution is 2.30. The van der Waals surface area contributed by atoms with Crippen LogP contribution in [0.3, 0.4) is 0 Å². The van der Waals surface area contributed by atoms with E-state index in [4.69, 9.17) is 4.98 Å². The summed E-state index contributed by atoms with van der Waals surface area (Å²) >= 11 is 1.84. The second kappa shape index (κ2) is 6.36. The first-order valence-corrected chi connectivity index (χ1v) is 8.57. The van der Waals surface area contributed by atoms with Crippen molar-refractivity contribution < 1.29 is 0 Å². The molecular formula is C16H28N2S. The molecule has 19 heavy (non-hydrogen) atoms. The third-order valence-corrected chi connectivity index (χ3v) is 5.02. The summed E-state index contributed by atoms with van der Waals surface area (Å²) in [6.45, 7) is 10.0. The van der Waals surface area contributed by atoms with E-state index in [1.807, 2.05) is 11.3 Å². The Hall–Kier alpha value is -0.410. The quantitative estimate of drug-likeness (QED) is 0.876. The highest BCUT2D eigenvalue weighted by Gasteiger charge is 2.26. The van der Waals surface area contributed by atoms with Gasteiger partial charge in [0.15, 0.2) is 0 Å². The third-order valence-electron chi connectivity index (χ3n) is 4.15. The maximum absolute atomic E-state index is 4.85. The molecule has 1 aliphatic carbocycles. The molecule has 0 aromatic carbocycles. The van der Waals surface area contributed by atoms with E-state index in [9.17, 15) is 0 Å². The lowest BCUT2D eigenvalue weighted by Gasteiger charge is -2.23. The van der Waals surface area contributed by atoms with Gasteiger partial charge >= 0.3 is 0 Å². The van der Waals surface area contributed by atoms with Crippen LogP contribution in [0.1, 0.15) is 64.1 Å². The van der Waals surface area contributed by atoms with Gasteiger partial charge in [0.2, 0.25) is 0 Å². The van der Waals surface area contributed by atoms with Gasteiger partial charge in [0, 0.05) is 23.3 Å². The highest BCUT2D eigenvalue weighted by molar-refractivity contribution is 7.09. The maximum Gasteiger partial charge on any atom is 0.0944 e. The van der Waals surface area contributed by atoms with Crippen molar-refractivity contribution in [1.29, 1.82) is 0 Å². The lowest BCUT2D eigenvalue weighted by molar-refractivity contribution is 0.361. The molecule has 1 aliphatic rings. The van der Waals surface area contributed by atoms with Crippen LogP contribution in [-0.4, -0.2) is 17.6 Å². The van der Waals surface area contributed by atoms with E-state index in [1.165, 1.54) is 36.4 Å². The van der Waals surface area contributed by atoms with Gasteiger partial charge in [0.1, 0.15) is 0 Å². The molecule has 0 amide bonds. The maximum atomic E-state index is 4.85. The van der Waals surface area contributed by atoms with Crippen LogP contribution in [0.5, 0.6) is 0 Å². The van der Waals surface area contributed by atoms with Crippen LogP contribution in [0.15, 0.2) is 5.38 Å². The molecule has 1 N–H and O–H groups in total. The number of aromatic nitrogens is 1. The number of likely N-dealkylation sites (N-methyl/N-ethyl adjacent to an activating group) is 1. The second-order valence-corrected chi connectivity index (χ2v) is 7.73. The van der Waals surface area contributed by atoms with Crippen molar-refractivity contribution in [2.24, 2.45) is 5.92 Å². The Balaban J connectivity index is 2.02. The Labute approximate surface area is 122 Å². The smallest absolute Gasteiger partial charge is 0.0944 e. The van der Waals surface area contributed by atoms with Gasteiger partial charge in [-0.05, 0) is 25.3 Å². The number of rotatable bonds is 5. The number of nitrogens with zero attached hydrogens (tertiary/aromatic N) is 1. The summed E-state index contributed by atoms with van der Waals surface area (Å²) in [5, 5.41) is 7.24. The molecule has 1 fully saturated rings. The van der Waals surface area contributed by atoms with E-state index < -0.39 is 0 Å². The Kier molecular flexibility index (Phi) is 5.02. The van der Waals surface area contributed by atoms with Gasteiger partial charge < -0.3 is 5.32 Å². The summed E-state index contributed by atoms with van der Waals surface area (Å²) in [6.07, 6.45) is 6.74. The van der Waals surface area contributed by atoms with Gasteiger partial charge in [-0.25, -0.2) is 4.98 Å². The molecular weight excluding hydrogens is 252 g/mol. The van der Waals surface area contributed by atoms with Crippen molar-refractivity contribution >= 4 is 11.3 Å². The summed E-state index contributed by atoms with van der Waals surface area (Å²) in [5.74, 6) is 0.863. The van der Waals surface area contributed by atoms with E-state index in [-0.39, 0.29) is 5.41 Å². The van der Waals surface area contributed by atoms with E-state index in [2.05, 4.69) is 38.4 Å². The average Bonchev–Trinajstić information content (AvgIpc) is 2.98. The topological polar surface area (TPSA) is 24.9 Å². The number of hydrogen-bond donors (Lipinski definition) is 1. The summed E-state index contributed by atoms with van der Waals surface area (Å²) in [5.41, 5.74) is 1.42. The number of hydrogen-bond acceptors (Lipinski definition) is 3. The number of nitrogens with one attached hydrogen (secondary N) is 1. The van der Waals surface area contributed by atoms with Crippen molar-refractivity contribution in [2.45, 2.75) is 71.3 Å². The van der Waals surface area contributed by atoms with Crippen molar-refractivity contribution in [3.8, 4) is 0 Å². The van der Waals surface area contributed by atoms with Crippen LogP contribution in [0.2, 0.25) is 0 Å². The molecule has 3 heteroatoms. The van der Waals surface area contributed by atoms with Gasteiger partial charge in [-0.1, -0.05) is 40.5 Å². The average molecular weight is 280 g/mol. The molecule has 0 radical (unpaired) electrons. The molecule has 1 unspecified atom stereocenters. The lowest BCUT2D eigenvalue weighted by Crippen LogP contribution is -2.37. The summed E-state index contributed by atoms with van der Waals surface area (Å²) in [7, 11) is 0. The van der Waals surface area contributed by atoms with E-state index in [1.54, 1.807) is 0 Å². The molecule has 0 bridgehead atoms. The first kappa shape index (κ1) is 15.0. The van der Waals surface area contributed by atoms with Crippen molar-refractivity contribution in [1.82, 2.24) is 10.3 Å². The molecule has 0 aliphatic heterocycles. The molecule has 1 aromatic heterocycles. The summed E-state index contributed by atoms with van der Waals surface area (Å²) in [4.78, 5) is 4.85. The van der Waals surface area contributed by atoms with E-state index in [0.29, 0.717) is 6.04 Å². The normalized spacial score (nSPS) is 18.9. The predicted octanol–water partition coefficient (Wildman–Crippen LogP) is 4.15. The summed E-state index contributed by atoms with van der Waals surface area (Å²) in [6, 6.07) is 0.631. The Morgan fingerprint density at radius 1 is 1.37 bits per heavy atom. The lowest BCUT2D eigenvalue weighted by atomic mass is 9.93. The van der Waals surface area contributed by atoms with Crippen molar-refractivity contribution in [3.63, 3.8) is 0 Å². The molecule has 108 valence electrons. The third kappa shape index (κ3) is 4.03. The Bertz CT molecular complexity index is 386. The minimum atomic E-state index is 0.176. The number of thiazole rings is 1. The molecule has 2 rings (SSSR count). The molecule has 1 saturated carbocycles. The molecule has 0 spiro atoms. The molecule has 0 saturated heterocycles. The van der Waals surface area contributed by atoms with Crippen LogP contribution in [0.4, 0.5) is 0 Å². The molecule has 1 atom stereocenters. The highest BCUT2D eigenvalue weighted by atomic mass is 32.1. The van der Waals surface area contributed by atoms with E-state index >= 15 is 0 Å².